The number of likely N-dealkylation sites (tertiary alicyclic amines) is 1. The van der Waals surface area contributed by atoms with E-state index in [1.165, 1.54) is 24.0 Å². The van der Waals surface area contributed by atoms with Gasteiger partial charge >= 0.3 is 0 Å². The summed E-state index contributed by atoms with van der Waals surface area (Å²) in [7, 11) is 0. The summed E-state index contributed by atoms with van der Waals surface area (Å²) in [5.74, 6) is -0.348. The van der Waals surface area contributed by atoms with Crippen LogP contribution in [0.25, 0.3) is 0 Å². The fourth-order valence-corrected chi connectivity index (χ4v) is 4.60. The van der Waals surface area contributed by atoms with Gasteiger partial charge in [0.25, 0.3) is 0 Å². The van der Waals surface area contributed by atoms with Crippen molar-refractivity contribution in [2.24, 2.45) is 5.92 Å². The van der Waals surface area contributed by atoms with Gasteiger partial charge in [0, 0.05) is 44.7 Å². The highest BCUT2D eigenvalue weighted by molar-refractivity contribution is 6.00. The molecule has 3 amide bonds. The number of benzene rings is 1. The number of nitrogens with one attached hydrogen (secondary N) is 1. The molecule has 0 radical (unpaired) electrons. The molecule has 1 N–H and O–H groups in total. The molecule has 1 aliphatic carbocycles. The smallest absolute Gasteiger partial charge is 0.227 e. The lowest BCUT2D eigenvalue weighted by atomic mass is 10.1. The summed E-state index contributed by atoms with van der Waals surface area (Å²) in [5, 5.41) is 2.86. The summed E-state index contributed by atoms with van der Waals surface area (Å²) < 4.78 is 0. The van der Waals surface area contributed by atoms with Crippen LogP contribution in [-0.2, 0) is 27.2 Å². The number of aryl methyl sites for hydroxylation is 2. The molecule has 2 saturated heterocycles. The maximum absolute atomic E-state index is 12.5. The molecule has 4 rings (SSSR count). The third-order valence-corrected chi connectivity index (χ3v) is 6.24. The minimum atomic E-state index is -0.342. The summed E-state index contributed by atoms with van der Waals surface area (Å²) >= 11 is 0. The number of rotatable bonds is 5. The number of carbonyl (C=O) groups excluding carboxylic acids is 3. The monoisotopic (exact) mass is 383 g/mol. The molecule has 28 heavy (non-hydrogen) atoms. The maximum Gasteiger partial charge on any atom is 0.227 e. The molecule has 6 nitrogen and oxygen atoms in total. The minimum Gasteiger partial charge on any atom is -0.355 e. The lowest BCUT2D eigenvalue weighted by Gasteiger charge is -2.26. The number of anilines is 1. The Balaban J connectivity index is 1.27. The lowest BCUT2D eigenvalue weighted by molar-refractivity contribution is -0.132. The molecular formula is C22H29N3O3. The number of amides is 3. The predicted molar refractivity (Wildman–Crippen MR) is 107 cm³/mol. The van der Waals surface area contributed by atoms with Crippen LogP contribution >= 0.6 is 0 Å². The fourth-order valence-electron chi connectivity index (χ4n) is 4.60. The second-order valence-electron chi connectivity index (χ2n) is 8.19. The first-order chi connectivity index (χ1) is 13.6. The van der Waals surface area contributed by atoms with Crippen LogP contribution in [0.4, 0.5) is 5.69 Å². The minimum absolute atomic E-state index is 0.00231. The van der Waals surface area contributed by atoms with Crippen LogP contribution < -0.4 is 10.2 Å². The molecule has 6 heteroatoms. The standard InChI is InChI=1S/C22H29N3O3/c26-20(24-11-2-1-3-12-24)9-10-23-22(28)18-14-21(27)25(15-18)19-8-7-16-5-4-6-17(16)13-19/h7-8,13,18H,1-6,9-12,14-15H2,(H,23,28). The summed E-state index contributed by atoms with van der Waals surface area (Å²) in [5.41, 5.74) is 3.61. The second-order valence-corrected chi connectivity index (χ2v) is 8.19. The van der Waals surface area contributed by atoms with Gasteiger partial charge in [-0.25, -0.2) is 0 Å². The Kier molecular flexibility index (Phi) is 5.64. The van der Waals surface area contributed by atoms with Crippen molar-refractivity contribution in [3.8, 4) is 0 Å². The van der Waals surface area contributed by atoms with E-state index in [1.54, 1.807) is 4.90 Å². The summed E-state index contributed by atoms with van der Waals surface area (Å²) in [6.45, 7) is 2.43. The van der Waals surface area contributed by atoms with E-state index in [2.05, 4.69) is 17.4 Å². The highest BCUT2D eigenvalue weighted by atomic mass is 16.2. The highest BCUT2D eigenvalue weighted by Gasteiger charge is 2.35. The molecule has 0 aromatic heterocycles. The Morgan fingerprint density at radius 1 is 1.04 bits per heavy atom. The van der Waals surface area contributed by atoms with E-state index in [9.17, 15) is 14.4 Å². The number of hydrogen-bond donors (Lipinski definition) is 1. The topological polar surface area (TPSA) is 69.7 Å². The number of hydrogen-bond acceptors (Lipinski definition) is 3. The fraction of sp³-hybridized carbons (Fsp3) is 0.591. The molecule has 1 aromatic carbocycles. The van der Waals surface area contributed by atoms with E-state index in [4.69, 9.17) is 0 Å². The first-order valence-electron chi connectivity index (χ1n) is 10.6. The molecule has 1 aromatic rings. The van der Waals surface area contributed by atoms with Crippen LogP contribution in [0, 0.1) is 5.92 Å². The number of piperidine rings is 1. The van der Waals surface area contributed by atoms with E-state index < -0.39 is 0 Å². The van der Waals surface area contributed by atoms with Crippen molar-refractivity contribution in [2.75, 3.05) is 31.1 Å². The van der Waals surface area contributed by atoms with Crippen molar-refractivity contribution in [1.82, 2.24) is 10.2 Å². The number of nitrogens with zero attached hydrogens (tertiary/aromatic N) is 2. The molecule has 3 aliphatic rings. The van der Waals surface area contributed by atoms with Crippen LogP contribution in [0.15, 0.2) is 18.2 Å². The first kappa shape index (κ1) is 19.0. The van der Waals surface area contributed by atoms with Crippen molar-refractivity contribution >= 4 is 23.4 Å². The first-order valence-corrected chi connectivity index (χ1v) is 10.6. The lowest BCUT2D eigenvalue weighted by Crippen LogP contribution is -2.39. The van der Waals surface area contributed by atoms with Gasteiger partial charge in [-0.3, -0.25) is 14.4 Å². The molecule has 0 spiro atoms. The largest absolute Gasteiger partial charge is 0.355 e. The van der Waals surface area contributed by atoms with Gasteiger partial charge in [0.2, 0.25) is 17.7 Å². The molecule has 1 unspecified atom stereocenters. The zero-order chi connectivity index (χ0) is 19.5. The number of fused-ring (bicyclic) bond motifs is 1. The average Bonchev–Trinajstić information content (AvgIpc) is 3.34. The third kappa shape index (κ3) is 4.05. The van der Waals surface area contributed by atoms with Gasteiger partial charge in [-0.15, -0.1) is 0 Å². The van der Waals surface area contributed by atoms with Gasteiger partial charge in [-0.05, 0) is 61.8 Å². The van der Waals surface area contributed by atoms with Crippen LogP contribution in [0.1, 0.15) is 49.7 Å². The zero-order valence-electron chi connectivity index (χ0n) is 16.4. The SMILES string of the molecule is O=C(NCCC(=O)N1CCCCC1)C1CC(=O)N(c2ccc3c(c2)CCC3)C1. The second kappa shape index (κ2) is 8.33. The Bertz CT molecular complexity index is 770. The maximum atomic E-state index is 12.5. The van der Waals surface area contributed by atoms with E-state index in [-0.39, 0.29) is 30.1 Å². The summed E-state index contributed by atoms with van der Waals surface area (Å²) in [6.07, 6.45) is 7.27. The molecule has 2 heterocycles. The molecular weight excluding hydrogens is 354 g/mol. The Labute approximate surface area is 166 Å². The van der Waals surface area contributed by atoms with E-state index in [0.29, 0.717) is 19.5 Å². The van der Waals surface area contributed by atoms with Gasteiger partial charge in [-0.1, -0.05) is 6.07 Å². The van der Waals surface area contributed by atoms with Gasteiger partial charge in [0.1, 0.15) is 0 Å². The van der Waals surface area contributed by atoms with E-state index in [1.807, 2.05) is 11.0 Å². The Morgan fingerprint density at radius 2 is 1.82 bits per heavy atom. The zero-order valence-corrected chi connectivity index (χ0v) is 16.4. The molecule has 150 valence electrons. The van der Waals surface area contributed by atoms with E-state index in [0.717, 1.165) is 44.5 Å². The summed E-state index contributed by atoms with van der Waals surface area (Å²) in [4.78, 5) is 40.8. The van der Waals surface area contributed by atoms with Crippen molar-refractivity contribution in [1.29, 1.82) is 0 Å². The van der Waals surface area contributed by atoms with Crippen LogP contribution in [0.2, 0.25) is 0 Å². The summed E-state index contributed by atoms with van der Waals surface area (Å²) in [6, 6.07) is 6.22. The highest BCUT2D eigenvalue weighted by Crippen LogP contribution is 2.30. The van der Waals surface area contributed by atoms with Crippen molar-refractivity contribution in [3.63, 3.8) is 0 Å². The molecule has 2 fully saturated rings. The van der Waals surface area contributed by atoms with Gasteiger partial charge in [0.15, 0.2) is 0 Å². The van der Waals surface area contributed by atoms with Crippen LogP contribution in [0.3, 0.4) is 0 Å². The van der Waals surface area contributed by atoms with Crippen molar-refractivity contribution in [2.45, 2.75) is 51.4 Å². The van der Waals surface area contributed by atoms with E-state index >= 15 is 0 Å². The normalized spacial score (nSPS) is 21.7. The Morgan fingerprint density at radius 3 is 2.64 bits per heavy atom. The molecule has 0 bridgehead atoms. The number of carbonyl (C=O) groups is 3. The predicted octanol–water partition coefficient (Wildman–Crippen LogP) is 2.05. The van der Waals surface area contributed by atoms with Crippen molar-refractivity contribution in [3.05, 3.63) is 29.3 Å². The van der Waals surface area contributed by atoms with Crippen LogP contribution in [-0.4, -0.2) is 48.8 Å². The Hall–Kier alpha value is -2.37. The van der Waals surface area contributed by atoms with Gasteiger partial charge in [-0.2, -0.15) is 0 Å². The van der Waals surface area contributed by atoms with Gasteiger partial charge in [0.05, 0.1) is 5.92 Å². The average molecular weight is 383 g/mol. The molecule has 0 saturated carbocycles. The third-order valence-electron chi connectivity index (χ3n) is 6.24. The van der Waals surface area contributed by atoms with Gasteiger partial charge < -0.3 is 15.1 Å². The quantitative estimate of drug-likeness (QED) is 0.846. The molecule has 2 aliphatic heterocycles. The van der Waals surface area contributed by atoms with Crippen molar-refractivity contribution < 1.29 is 14.4 Å². The van der Waals surface area contributed by atoms with Crippen LogP contribution in [0.5, 0.6) is 0 Å². The molecule has 1 atom stereocenters.